The van der Waals surface area contributed by atoms with Gasteiger partial charge in [0.15, 0.2) is 0 Å². The van der Waals surface area contributed by atoms with Gasteiger partial charge in [0.2, 0.25) is 0 Å². The monoisotopic (exact) mass is 224 g/mol. The van der Waals surface area contributed by atoms with Crippen molar-refractivity contribution in [3.05, 3.63) is 30.3 Å². The number of nitrogens with zero attached hydrogens (tertiary/aromatic N) is 1. The summed E-state index contributed by atoms with van der Waals surface area (Å²) in [4.78, 5) is 0. The maximum atomic E-state index is 11.0. The predicted octanol–water partition coefficient (Wildman–Crippen LogP) is 2.95. The van der Waals surface area contributed by atoms with E-state index in [9.17, 15) is 4.57 Å². The van der Waals surface area contributed by atoms with Crippen LogP contribution in [0.5, 0.6) is 0 Å². The van der Waals surface area contributed by atoms with E-state index in [-0.39, 0.29) is 0 Å². The first-order valence-corrected chi connectivity index (χ1v) is 6.58. The van der Waals surface area contributed by atoms with Crippen LogP contribution in [0.3, 0.4) is 0 Å². The zero-order valence-electron chi connectivity index (χ0n) is 6.02. The van der Waals surface area contributed by atoms with E-state index in [4.69, 9.17) is 28.3 Å². The second kappa shape index (κ2) is 3.67. The van der Waals surface area contributed by atoms with E-state index in [0.717, 1.165) is 4.78 Å². The molecule has 66 valence electrons. The number of nitrogens with two attached hydrogens (primary N) is 1. The van der Waals surface area contributed by atoms with Crippen molar-refractivity contribution in [2.24, 2.45) is 5.84 Å². The first-order chi connectivity index (χ1) is 5.52. The van der Waals surface area contributed by atoms with E-state index >= 15 is 0 Å². The third-order valence-corrected chi connectivity index (χ3v) is 2.98. The molecule has 0 aliphatic heterocycles. The Labute approximate surface area is 80.0 Å². The first-order valence-electron chi connectivity index (χ1n) is 3.11. The van der Waals surface area contributed by atoms with Crippen molar-refractivity contribution < 1.29 is 4.57 Å². The molecule has 0 fully saturated rings. The summed E-state index contributed by atoms with van der Waals surface area (Å²) in [5.41, 5.74) is 0.519. The summed E-state index contributed by atoms with van der Waals surface area (Å²) in [6.45, 7) is 0. The first kappa shape index (κ1) is 9.87. The third kappa shape index (κ3) is 2.39. The molecule has 1 aromatic rings. The average molecular weight is 225 g/mol. The number of benzene rings is 1. The van der Waals surface area contributed by atoms with Crippen LogP contribution in [-0.4, -0.2) is 0 Å². The van der Waals surface area contributed by atoms with Gasteiger partial charge in [-0.2, -0.15) is 0 Å². The summed E-state index contributed by atoms with van der Waals surface area (Å²) >= 11 is 10.7. The van der Waals surface area contributed by atoms with Gasteiger partial charge in [-0.3, -0.25) is 4.57 Å². The molecule has 0 aliphatic rings. The lowest BCUT2D eigenvalue weighted by Crippen LogP contribution is -2.23. The molecular formula is C6H7Cl2N2OP. The molecule has 0 aromatic heterocycles. The zero-order valence-corrected chi connectivity index (χ0v) is 8.43. The molecule has 0 radical (unpaired) electrons. The molecule has 1 rings (SSSR count). The standard InChI is InChI=1S/C6H7Cl2N2OP/c7-12(8,11)10(9)6-4-2-1-3-5-6/h1-5H,9H2. The number of anilines is 1. The van der Waals surface area contributed by atoms with Gasteiger partial charge in [-0.25, -0.2) is 10.6 Å². The van der Waals surface area contributed by atoms with Gasteiger partial charge in [-0.15, -0.1) is 0 Å². The number of hydrazine groups is 1. The molecule has 1 aromatic carbocycles. The smallest absolute Gasteiger partial charge is 0.263 e. The molecule has 3 nitrogen and oxygen atoms in total. The normalized spacial score (nSPS) is 11.2. The predicted molar refractivity (Wildman–Crippen MR) is 52.4 cm³/mol. The Bertz CT molecular complexity index is 300. The lowest BCUT2D eigenvalue weighted by molar-refractivity contribution is 0.590. The molecule has 0 heterocycles. The number of para-hydroxylation sites is 1. The Kier molecular flexibility index (Phi) is 3.02. The van der Waals surface area contributed by atoms with Crippen molar-refractivity contribution in [2.75, 3.05) is 4.78 Å². The average Bonchev–Trinajstić information content (AvgIpc) is 2.03. The highest BCUT2D eigenvalue weighted by atomic mass is 35.9. The molecule has 0 saturated carbocycles. The maximum Gasteiger partial charge on any atom is 0.359 e. The quantitative estimate of drug-likeness (QED) is 0.478. The summed E-state index contributed by atoms with van der Waals surface area (Å²) in [6.07, 6.45) is 0. The Balaban J connectivity index is 2.94. The van der Waals surface area contributed by atoms with Gasteiger partial charge in [0.25, 0.3) is 0 Å². The molecule has 2 N–H and O–H groups in total. The van der Waals surface area contributed by atoms with Crippen molar-refractivity contribution in [1.29, 1.82) is 0 Å². The van der Waals surface area contributed by atoms with Gasteiger partial charge < -0.3 is 0 Å². The van der Waals surface area contributed by atoms with Crippen LogP contribution in [0.25, 0.3) is 0 Å². The third-order valence-electron chi connectivity index (χ3n) is 1.27. The minimum Gasteiger partial charge on any atom is -0.263 e. The molecular weight excluding hydrogens is 218 g/mol. The van der Waals surface area contributed by atoms with Crippen LogP contribution in [0.4, 0.5) is 5.69 Å². The molecule has 12 heavy (non-hydrogen) atoms. The summed E-state index contributed by atoms with van der Waals surface area (Å²) in [6, 6.07) is 8.64. The van der Waals surface area contributed by atoms with Gasteiger partial charge in [0.05, 0.1) is 5.69 Å². The molecule has 0 atom stereocenters. The lowest BCUT2D eigenvalue weighted by atomic mass is 10.3. The van der Waals surface area contributed by atoms with Crippen molar-refractivity contribution in [3.8, 4) is 0 Å². The van der Waals surface area contributed by atoms with E-state index < -0.39 is 6.00 Å². The summed E-state index contributed by atoms with van der Waals surface area (Å²) in [5.74, 6) is 1.96. The summed E-state index contributed by atoms with van der Waals surface area (Å²) in [7, 11) is 0. The second-order valence-electron chi connectivity index (χ2n) is 2.11. The van der Waals surface area contributed by atoms with Crippen LogP contribution < -0.4 is 10.6 Å². The highest BCUT2D eigenvalue weighted by Crippen LogP contribution is 2.59. The van der Waals surface area contributed by atoms with Crippen molar-refractivity contribution in [1.82, 2.24) is 0 Å². The zero-order chi connectivity index (χ0) is 9.19. The fraction of sp³-hybridized carbons (Fsp3) is 0. The number of hydrogen-bond acceptors (Lipinski definition) is 2. The molecule has 0 saturated heterocycles. The van der Waals surface area contributed by atoms with Crippen LogP contribution in [0.1, 0.15) is 0 Å². The van der Waals surface area contributed by atoms with Crippen LogP contribution in [0.2, 0.25) is 0 Å². The van der Waals surface area contributed by atoms with Crippen LogP contribution >= 0.6 is 28.5 Å². The Morgan fingerprint density at radius 3 is 2.17 bits per heavy atom. The highest BCUT2D eigenvalue weighted by molar-refractivity contribution is 8.09. The minimum atomic E-state index is -3.42. The number of rotatable bonds is 2. The lowest BCUT2D eigenvalue weighted by Gasteiger charge is -2.18. The van der Waals surface area contributed by atoms with E-state index in [1.54, 1.807) is 24.3 Å². The SMILES string of the molecule is NN(c1ccccc1)P(=O)(Cl)Cl. The highest BCUT2D eigenvalue weighted by Gasteiger charge is 2.21. The second-order valence-corrected chi connectivity index (χ2v) is 6.68. The molecule has 0 unspecified atom stereocenters. The van der Waals surface area contributed by atoms with Crippen molar-refractivity contribution in [3.63, 3.8) is 0 Å². The largest absolute Gasteiger partial charge is 0.359 e. The Morgan fingerprint density at radius 2 is 1.75 bits per heavy atom. The topological polar surface area (TPSA) is 46.3 Å². The van der Waals surface area contributed by atoms with Gasteiger partial charge in [-0.1, -0.05) is 18.2 Å². The van der Waals surface area contributed by atoms with E-state index in [0.29, 0.717) is 5.69 Å². The molecule has 6 heteroatoms. The van der Waals surface area contributed by atoms with Gasteiger partial charge in [-0.05, 0) is 34.6 Å². The van der Waals surface area contributed by atoms with Crippen LogP contribution in [0, 0.1) is 0 Å². The molecule has 0 spiro atoms. The van der Waals surface area contributed by atoms with Gasteiger partial charge >= 0.3 is 6.00 Å². The van der Waals surface area contributed by atoms with Gasteiger partial charge in [0.1, 0.15) is 0 Å². The summed E-state index contributed by atoms with van der Waals surface area (Å²) in [5, 5.41) is 0. The fourth-order valence-corrected chi connectivity index (χ4v) is 1.64. The number of hydrogen-bond donors (Lipinski definition) is 1. The molecule has 0 aliphatic carbocycles. The molecule has 0 amide bonds. The van der Waals surface area contributed by atoms with Crippen LogP contribution in [0.15, 0.2) is 30.3 Å². The Morgan fingerprint density at radius 1 is 1.25 bits per heavy atom. The number of halogens is 2. The van der Waals surface area contributed by atoms with Crippen molar-refractivity contribution >= 4 is 34.2 Å². The van der Waals surface area contributed by atoms with E-state index in [1.165, 1.54) is 0 Å². The molecule has 0 bridgehead atoms. The maximum absolute atomic E-state index is 11.0. The van der Waals surface area contributed by atoms with Gasteiger partial charge in [0, 0.05) is 0 Å². The van der Waals surface area contributed by atoms with Crippen molar-refractivity contribution in [2.45, 2.75) is 0 Å². The summed E-state index contributed by atoms with van der Waals surface area (Å²) < 4.78 is 11.9. The van der Waals surface area contributed by atoms with Crippen LogP contribution in [-0.2, 0) is 4.57 Å². The fourth-order valence-electron chi connectivity index (χ4n) is 0.715. The van der Waals surface area contributed by atoms with E-state index in [1.807, 2.05) is 6.07 Å². The minimum absolute atomic E-state index is 0.519. The van der Waals surface area contributed by atoms with E-state index in [2.05, 4.69) is 0 Å². The Hall–Kier alpha value is -0.210.